The molecule has 0 spiro atoms. The molecule has 5 rings (SSSR count). The van der Waals surface area contributed by atoms with Gasteiger partial charge in [-0.1, -0.05) is 45.0 Å². The van der Waals surface area contributed by atoms with Crippen molar-refractivity contribution in [3.05, 3.63) is 54.2 Å². The van der Waals surface area contributed by atoms with Crippen LogP contribution in [0.25, 0.3) is 10.9 Å². The van der Waals surface area contributed by atoms with Crippen LogP contribution in [-0.4, -0.2) is 181 Å². The molecule has 0 bridgehead atoms. The van der Waals surface area contributed by atoms with E-state index < -0.39 is 121 Å². The Balaban J connectivity index is 1.44. The molecule has 3 N–H and O–H groups in total. The van der Waals surface area contributed by atoms with Gasteiger partial charge < -0.3 is 67.8 Å². The molecule has 0 radical (unpaired) electrons. The summed E-state index contributed by atoms with van der Waals surface area (Å²) < 4.78 is 49.8. The topological polar surface area (TPSA) is 222 Å². The lowest BCUT2D eigenvalue weighted by Crippen LogP contribution is -2.66. The fraction of sp³-hybridized carbons (Fsp3) is 0.712. The number of rotatable bonds is 16. The van der Waals surface area contributed by atoms with E-state index >= 15 is 0 Å². The molecule has 70 heavy (non-hydrogen) atoms. The third-order valence-electron chi connectivity index (χ3n) is 13.8. The molecular weight excluding hydrogens is 907 g/mol. The number of aldehydes is 1. The maximum absolute atomic E-state index is 14.2. The van der Waals surface area contributed by atoms with Gasteiger partial charge in [-0.15, -0.1) is 0 Å². The highest BCUT2D eigenvalue weighted by molar-refractivity contribution is 5.81. The number of benzene rings is 1. The van der Waals surface area contributed by atoms with Crippen LogP contribution < -0.4 is 0 Å². The number of cyclic esters (lactones) is 1. The Morgan fingerprint density at radius 2 is 1.70 bits per heavy atom. The van der Waals surface area contributed by atoms with Crippen molar-refractivity contribution < 1.29 is 72.4 Å². The van der Waals surface area contributed by atoms with Gasteiger partial charge in [-0.25, -0.2) is 0 Å². The van der Waals surface area contributed by atoms with Gasteiger partial charge in [0.05, 0.1) is 42.4 Å². The minimum absolute atomic E-state index is 0.0194. The Bertz CT molecular complexity index is 2010. The Morgan fingerprint density at radius 1 is 0.986 bits per heavy atom. The van der Waals surface area contributed by atoms with Gasteiger partial charge in [0.25, 0.3) is 0 Å². The number of methoxy groups -OCH3 is 1. The van der Waals surface area contributed by atoms with Crippen molar-refractivity contribution in [3.8, 4) is 0 Å². The van der Waals surface area contributed by atoms with Gasteiger partial charge in [-0.05, 0) is 103 Å². The van der Waals surface area contributed by atoms with Crippen molar-refractivity contribution in [2.24, 2.45) is 11.8 Å². The molecule has 5 unspecified atom stereocenters. The zero-order chi connectivity index (χ0) is 51.3. The van der Waals surface area contributed by atoms with Crippen LogP contribution in [0.15, 0.2) is 48.7 Å². The molecular formula is C52H79N3O15. The Morgan fingerprint density at radius 3 is 2.37 bits per heavy atom. The number of aliphatic hydroxyl groups is 3. The fourth-order valence-corrected chi connectivity index (χ4v) is 10.0. The summed E-state index contributed by atoms with van der Waals surface area (Å²) in [6, 6.07) is 9.12. The average molecular weight is 986 g/mol. The first-order chi connectivity index (χ1) is 33.3. The lowest BCUT2D eigenvalue weighted by Gasteiger charge is -2.50. The second kappa shape index (κ2) is 26.7. The van der Waals surface area contributed by atoms with Crippen LogP contribution in [0.5, 0.6) is 0 Å². The summed E-state index contributed by atoms with van der Waals surface area (Å²) in [6.07, 6.45) is -4.32. The summed E-state index contributed by atoms with van der Waals surface area (Å²) in [5, 5.41) is 36.4. The van der Waals surface area contributed by atoms with Crippen LogP contribution in [0.4, 0.5) is 0 Å². The van der Waals surface area contributed by atoms with Crippen molar-refractivity contribution in [3.63, 3.8) is 0 Å². The molecule has 1 aromatic carbocycles. The number of pyridine rings is 1. The lowest BCUT2D eigenvalue weighted by molar-refractivity contribution is -0.344. The van der Waals surface area contributed by atoms with Crippen molar-refractivity contribution in [2.75, 3.05) is 41.3 Å². The molecule has 3 aliphatic rings. The maximum atomic E-state index is 14.2. The van der Waals surface area contributed by atoms with Crippen molar-refractivity contribution in [1.29, 1.82) is 0 Å². The minimum atomic E-state index is -1.51. The number of para-hydroxylation sites is 1. The number of β-amino-alcohol motifs (C(OH)–C–C–N with tert-alkyl or cyclic N) is 1. The second-order valence-corrected chi connectivity index (χ2v) is 19.7. The predicted molar refractivity (Wildman–Crippen MR) is 258 cm³/mol. The number of carbonyl (C=O) groups excluding carboxylic acids is 4. The summed E-state index contributed by atoms with van der Waals surface area (Å²) in [5.74, 6) is -2.85. The number of hydrogen-bond acceptors (Lipinski definition) is 18. The highest BCUT2D eigenvalue weighted by Gasteiger charge is 2.53. The van der Waals surface area contributed by atoms with Gasteiger partial charge in [0, 0.05) is 57.5 Å². The zero-order valence-electron chi connectivity index (χ0n) is 42.7. The molecule has 2 fully saturated rings. The van der Waals surface area contributed by atoms with E-state index in [9.17, 15) is 34.5 Å². The largest absolute Gasteiger partial charge is 0.459 e. The first-order valence-electron chi connectivity index (χ1n) is 24.9. The molecule has 16 atom stereocenters. The van der Waals surface area contributed by atoms with E-state index in [1.807, 2.05) is 61.4 Å². The smallest absolute Gasteiger partial charge is 0.310 e. The summed E-state index contributed by atoms with van der Waals surface area (Å²) >= 11 is 0. The molecule has 0 amide bonds. The Kier molecular flexibility index (Phi) is 21.7. The number of hydrogen-bond donors (Lipinski definition) is 3. The van der Waals surface area contributed by atoms with Crippen LogP contribution in [0, 0.1) is 11.8 Å². The highest BCUT2D eigenvalue weighted by Crippen LogP contribution is 2.38. The van der Waals surface area contributed by atoms with Gasteiger partial charge in [0.15, 0.2) is 18.7 Å². The molecule has 0 aliphatic carbocycles. The molecule has 18 heteroatoms. The quantitative estimate of drug-likeness (QED) is 0.0923. The molecule has 0 saturated carbocycles. The third-order valence-corrected chi connectivity index (χ3v) is 13.8. The number of esters is 3. The Labute approximate surface area is 413 Å². The predicted octanol–water partition coefficient (Wildman–Crippen LogP) is 4.30. The van der Waals surface area contributed by atoms with Crippen LogP contribution in [-0.2, 0) is 63.5 Å². The SMILES string of the molecule is CCC(=O)O[C@@H]1CC(=O)O[C@@H](CCCc2ccnc3ccccc23)C=CCN(C)C[C@H](O)[C@H](C)C[C@H](CC=O)[C@H](O[C@@H]2OC(C)[C@@H](O[C@H]3CC(C)(O)[C@@H](OC(=O)CC)C(C)O3)C(N(C)C)C2O)[C@H]1OC. The van der Waals surface area contributed by atoms with E-state index in [1.54, 1.807) is 59.8 Å². The zero-order valence-corrected chi connectivity index (χ0v) is 42.7. The van der Waals surface area contributed by atoms with Crippen LogP contribution >= 0.6 is 0 Å². The Hall–Kier alpha value is -3.95. The maximum Gasteiger partial charge on any atom is 0.310 e. The van der Waals surface area contributed by atoms with Crippen molar-refractivity contribution in [1.82, 2.24) is 14.8 Å². The minimum Gasteiger partial charge on any atom is -0.459 e. The third kappa shape index (κ3) is 15.3. The van der Waals surface area contributed by atoms with E-state index in [2.05, 4.69) is 4.98 Å². The average Bonchev–Trinajstić information content (AvgIpc) is 3.30. The number of aryl methyl sites for hydroxylation is 1. The summed E-state index contributed by atoms with van der Waals surface area (Å²) in [7, 11) is 6.79. The van der Waals surface area contributed by atoms with E-state index in [-0.39, 0.29) is 38.6 Å². The van der Waals surface area contributed by atoms with Gasteiger partial charge >= 0.3 is 17.9 Å². The number of fused-ring (bicyclic) bond motifs is 1. The van der Waals surface area contributed by atoms with Gasteiger partial charge in [0.1, 0.15) is 42.4 Å². The molecule has 2 saturated heterocycles. The van der Waals surface area contributed by atoms with E-state index in [0.29, 0.717) is 25.8 Å². The summed E-state index contributed by atoms with van der Waals surface area (Å²) in [5.41, 5.74) is 0.512. The number of aromatic nitrogens is 1. The van der Waals surface area contributed by atoms with Gasteiger partial charge in [-0.2, -0.15) is 0 Å². The van der Waals surface area contributed by atoms with Crippen LogP contribution in [0.1, 0.15) is 98.5 Å². The first-order valence-corrected chi connectivity index (χ1v) is 24.9. The monoisotopic (exact) mass is 986 g/mol. The molecule has 1 aromatic heterocycles. The highest BCUT2D eigenvalue weighted by atomic mass is 16.7. The van der Waals surface area contributed by atoms with E-state index in [1.165, 1.54) is 7.11 Å². The molecule has 2 aromatic rings. The molecule has 392 valence electrons. The number of aliphatic hydroxyl groups excluding tert-OH is 2. The summed E-state index contributed by atoms with van der Waals surface area (Å²) in [6.45, 7) is 10.9. The normalized spacial score (nSPS) is 35.3. The van der Waals surface area contributed by atoms with Gasteiger partial charge in [0.2, 0.25) is 0 Å². The fourth-order valence-electron chi connectivity index (χ4n) is 10.0. The van der Waals surface area contributed by atoms with E-state index in [0.717, 1.165) is 22.8 Å². The molecule has 3 aliphatic heterocycles. The lowest BCUT2D eigenvalue weighted by atomic mass is 9.82. The van der Waals surface area contributed by atoms with Crippen molar-refractivity contribution in [2.45, 2.75) is 185 Å². The van der Waals surface area contributed by atoms with E-state index in [4.69, 9.17) is 37.9 Å². The number of nitrogens with zero attached hydrogens (tertiary/aromatic N) is 3. The molecule has 4 heterocycles. The van der Waals surface area contributed by atoms with Gasteiger partial charge in [-0.3, -0.25) is 19.4 Å². The van der Waals surface area contributed by atoms with Crippen molar-refractivity contribution >= 4 is 35.1 Å². The molecule has 18 nitrogen and oxygen atoms in total. The van der Waals surface area contributed by atoms with Crippen LogP contribution in [0.3, 0.4) is 0 Å². The summed E-state index contributed by atoms with van der Waals surface area (Å²) in [4.78, 5) is 60.4. The van der Waals surface area contributed by atoms with Crippen LogP contribution in [0.2, 0.25) is 0 Å². The standard InChI is InChI=1S/C52H79N3O15/c1-11-41(58)67-40-28-43(60)66-36(18-15-17-34-22-24-53-38-21-14-13-20-37(34)38)19-16-25-55(9)30-39(57)31(3)27-35(23-26-56)48(49(40)63-10)70-51-46(61)45(54(7)8)47(32(4)65-51)69-44-29-52(6,62)50(33(5)64-44)68-42(59)12-2/h13-14,16,19-22,24,26,31-33,35-36,39-40,44-51,57,61-62H,11-12,15,17-18,23,25,27-30H2,1-10H3/t31-,32?,33?,35+,36+,39+,40-,44+,45?,46?,47-,48+,49+,50+,51+,52?/m1/s1. The first kappa shape index (κ1) is 57.0. The number of likely N-dealkylation sites (N-methyl/N-ethyl adjacent to an activating group) is 2. The second-order valence-electron chi connectivity index (χ2n) is 19.7. The number of carbonyl (C=O) groups is 4. The number of ether oxygens (including phenoxy) is 8.